The van der Waals surface area contributed by atoms with Gasteiger partial charge in [-0.25, -0.2) is 0 Å². The first-order valence-corrected chi connectivity index (χ1v) is 7.05. The average molecular weight is 320 g/mol. The lowest BCUT2D eigenvalue weighted by atomic mass is 10.1. The molecule has 4 nitrogen and oxygen atoms in total. The maximum atomic E-state index is 12.1. The molecule has 0 saturated carbocycles. The molecule has 0 atom stereocenters. The number of halogens is 3. The second kappa shape index (κ2) is 8.04. The van der Waals surface area contributed by atoms with Gasteiger partial charge in [0.05, 0.1) is 5.56 Å². The van der Waals surface area contributed by atoms with Crippen molar-refractivity contribution in [2.24, 2.45) is 0 Å². The summed E-state index contributed by atoms with van der Waals surface area (Å²) in [5.41, 5.74) is 0.570. The fourth-order valence-electron chi connectivity index (χ4n) is 1.49. The first-order chi connectivity index (χ1) is 9.85. The third kappa shape index (κ3) is 6.17. The van der Waals surface area contributed by atoms with E-state index in [9.17, 15) is 22.8 Å². The average Bonchev–Trinajstić information content (AvgIpc) is 2.44. The molecule has 0 aliphatic rings. The molecule has 1 aromatic carbocycles. The number of carbonyl (C=O) groups is 2. The second-order valence-corrected chi connectivity index (χ2v) is 5.20. The normalized spacial score (nSPS) is 11.2. The fourth-order valence-corrected chi connectivity index (χ4v) is 2.26. The van der Waals surface area contributed by atoms with Crippen molar-refractivity contribution >= 4 is 24.1 Å². The van der Waals surface area contributed by atoms with Crippen molar-refractivity contribution in [3.63, 3.8) is 0 Å². The zero-order valence-electron chi connectivity index (χ0n) is 11.3. The smallest absolute Gasteiger partial charge is 0.341 e. The quantitative estimate of drug-likeness (QED) is 0.476. The molecule has 0 bridgehead atoms. The van der Waals surface area contributed by atoms with Gasteiger partial charge in [-0.1, -0.05) is 30.1 Å². The lowest BCUT2D eigenvalue weighted by Crippen LogP contribution is -2.31. The molecule has 0 aromatic heterocycles. The molecule has 0 unspecified atom stereocenters. The van der Waals surface area contributed by atoms with Crippen LogP contribution in [-0.2, 0) is 0 Å². The van der Waals surface area contributed by atoms with E-state index in [2.05, 4.69) is 4.72 Å². The Labute approximate surface area is 124 Å². The Kier molecular flexibility index (Phi) is 6.70. The SMILES string of the molecule is CN(CCSNCC(F)(F)F)C(=O)c1ccccc1C=O. The Bertz CT molecular complexity index is 495. The maximum absolute atomic E-state index is 12.1. The van der Waals surface area contributed by atoms with Crippen molar-refractivity contribution in [2.45, 2.75) is 6.18 Å². The van der Waals surface area contributed by atoms with Crippen LogP contribution in [0.25, 0.3) is 0 Å². The number of benzene rings is 1. The van der Waals surface area contributed by atoms with Crippen LogP contribution in [0.5, 0.6) is 0 Å². The van der Waals surface area contributed by atoms with E-state index in [0.29, 0.717) is 12.0 Å². The number of amides is 1. The van der Waals surface area contributed by atoms with Gasteiger partial charge in [-0.3, -0.25) is 14.3 Å². The molecule has 0 fully saturated rings. The highest BCUT2D eigenvalue weighted by atomic mass is 32.2. The Balaban J connectivity index is 2.43. The molecule has 8 heteroatoms. The van der Waals surface area contributed by atoms with Gasteiger partial charge in [0.2, 0.25) is 0 Å². The lowest BCUT2D eigenvalue weighted by molar-refractivity contribution is -0.121. The topological polar surface area (TPSA) is 49.4 Å². The van der Waals surface area contributed by atoms with Crippen LogP contribution < -0.4 is 4.72 Å². The van der Waals surface area contributed by atoms with E-state index in [1.165, 1.54) is 24.1 Å². The van der Waals surface area contributed by atoms with Gasteiger partial charge in [0.1, 0.15) is 6.54 Å². The molecule has 21 heavy (non-hydrogen) atoms. The summed E-state index contributed by atoms with van der Waals surface area (Å²) in [4.78, 5) is 24.3. The number of hydrogen-bond acceptors (Lipinski definition) is 4. The van der Waals surface area contributed by atoms with E-state index in [1.807, 2.05) is 0 Å². The molecule has 0 heterocycles. The van der Waals surface area contributed by atoms with Crippen LogP contribution >= 0.6 is 11.9 Å². The van der Waals surface area contributed by atoms with Crippen molar-refractivity contribution in [2.75, 3.05) is 25.9 Å². The van der Waals surface area contributed by atoms with Gasteiger partial charge in [-0.15, -0.1) is 0 Å². The van der Waals surface area contributed by atoms with Crippen molar-refractivity contribution in [3.8, 4) is 0 Å². The van der Waals surface area contributed by atoms with Gasteiger partial charge in [-0.05, 0) is 6.07 Å². The Morgan fingerprint density at radius 3 is 2.67 bits per heavy atom. The van der Waals surface area contributed by atoms with E-state index >= 15 is 0 Å². The highest BCUT2D eigenvalue weighted by Crippen LogP contribution is 2.14. The van der Waals surface area contributed by atoms with Gasteiger partial charge >= 0.3 is 6.18 Å². The number of nitrogens with one attached hydrogen (secondary N) is 1. The maximum Gasteiger partial charge on any atom is 0.401 e. The van der Waals surface area contributed by atoms with E-state index in [0.717, 1.165) is 11.9 Å². The highest BCUT2D eigenvalue weighted by molar-refractivity contribution is 7.97. The number of carbonyl (C=O) groups excluding carboxylic acids is 2. The zero-order valence-corrected chi connectivity index (χ0v) is 12.1. The molecule has 1 aromatic rings. The molecule has 0 radical (unpaired) electrons. The van der Waals surface area contributed by atoms with Crippen LogP contribution in [0.3, 0.4) is 0 Å². The number of hydrogen-bond donors (Lipinski definition) is 1. The summed E-state index contributed by atoms with van der Waals surface area (Å²) in [7, 11) is 1.54. The van der Waals surface area contributed by atoms with E-state index in [4.69, 9.17) is 0 Å². The lowest BCUT2D eigenvalue weighted by Gasteiger charge is -2.18. The third-order valence-electron chi connectivity index (χ3n) is 2.57. The first kappa shape index (κ1) is 17.5. The summed E-state index contributed by atoms with van der Waals surface area (Å²) in [6.45, 7) is -0.815. The van der Waals surface area contributed by atoms with Crippen LogP contribution in [0, 0.1) is 0 Å². The van der Waals surface area contributed by atoms with E-state index in [-0.39, 0.29) is 23.6 Å². The van der Waals surface area contributed by atoms with E-state index in [1.54, 1.807) is 12.1 Å². The molecule has 0 aliphatic carbocycles. The molecule has 0 saturated heterocycles. The predicted octanol–water partition coefficient (Wildman–Crippen LogP) is 2.37. The van der Waals surface area contributed by atoms with Crippen LogP contribution in [-0.4, -0.2) is 49.2 Å². The Hall–Kier alpha value is -1.54. The molecule has 0 spiro atoms. The number of nitrogens with zero attached hydrogens (tertiary/aromatic N) is 1. The van der Waals surface area contributed by atoms with Crippen molar-refractivity contribution in [1.29, 1.82) is 0 Å². The summed E-state index contributed by atoms with van der Waals surface area (Å²) >= 11 is 0.898. The first-order valence-electron chi connectivity index (χ1n) is 6.06. The summed E-state index contributed by atoms with van der Waals surface area (Å²) in [6, 6.07) is 6.37. The third-order valence-corrected chi connectivity index (χ3v) is 3.30. The second-order valence-electron chi connectivity index (χ2n) is 4.22. The Morgan fingerprint density at radius 2 is 2.05 bits per heavy atom. The molecule has 1 N–H and O–H groups in total. The summed E-state index contributed by atoms with van der Waals surface area (Å²) < 4.78 is 37.9. The summed E-state index contributed by atoms with van der Waals surface area (Å²) in [5, 5.41) is 0. The standard InChI is InChI=1S/C13H15F3N2O2S/c1-18(6-7-21-17-9-13(14,15)16)12(20)11-5-3-2-4-10(11)8-19/h2-5,8,17H,6-7,9H2,1H3. The molecule has 116 valence electrons. The predicted molar refractivity (Wildman–Crippen MR) is 75.3 cm³/mol. The molecule has 0 aliphatic heterocycles. The van der Waals surface area contributed by atoms with E-state index < -0.39 is 12.7 Å². The van der Waals surface area contributed by atoms with Crippen molar-refractivity contribution < 1.29 is 22.8 Å². The fraction of sp³-hybridized carbons (Fsp3) is 0.385. The van der Waals surface area contributed by atoms with Crippen molar-refractivity contribution in [3.05, 3.63) is 35.4 Å². The molecule has 1 rings (SSSR count). The largest absolute Gasteiger partial charge is 0.401 e. The van der Waals surface area contributed by atoms with Gasteiger partial charge in [0.25, 0.3) is 5.91 Å². The summed E-state index contributed by atoms with van der Waals surface area (Å²) in [6.07, 6.45) is -3.65. The minimum atomic E-state index is -4.25. The van der Waals surface area contributed by atoms with Gasteiger partial charge in [0, 0.05) is 24.9 Å². The van der Waals surface area contributed by atoms with Crippen LogP contribution in [0.15, 0.2) is 24.3 Å². The number of rotatable bonds is 7. The van der Waals surface area contributed by atoms with Crippen LogP contribution in [0.4, 0.5) is 13.2 Å². The van der Waals surface area contributed by atoms with Gasteiger partial charge in [-0.2, -0.15) is 13.2 Å². The van der Waals surface area contributed by atoms with Gasteiger partial charge in [0.15, 0.2) is 6.29 Å². The monoisotopic (exact) mass is 320 g/mol. The zero-order chi connectivity index (χ0) is 15.9. The van der Waals surface area contributed by atoms with Crippen LogP contribution in [0.1, 0.15) is 20.7 Å². The Morgan fingerprint density at radius 1 is 1.38 bits per heavy atom. The minimum absolute atomic E-state index is 0.265. The highest BCUT2D eigenvalue weighted by Gasteiger charge is 2.26. The number of aldehydes is 1. The number of alkyl halides is 3. The van der Waals surface area contributed by atoms with Crippen LogP contribution in [0.2, 0.25) is 0 Å². The molecular weight excluding hydrogens is 305 g/mol. The molecular formula is C13H15F3N2O2S. The van der Waals surface area contributed by atoms with Gasteiger partial charge < -0.3 is 4.90 Å². The molecule has 1 amide bonds. The summed E-state index contributed by atoms with van der Waals surface area (Å²) in [5.74, 6) is -0.0317. The minimum Gasteiger partial charge on any atom is -0.341 e. The van der Waals surface area contributed by atoms with Crippen molar-refractivity contribution in [1.82, 2.24) is 9.62 Å².